The maximum atomic E-state index is 5.25. The molecule has 0 aromatic rings. The van der Waals surface area contributed by atoms with Crippen molar-refractivity contribution in [3.63, 3.8) is 0 Å². The van der Waals surface area contributed by atoms with Gasteiger partial charge in [0.05, 0.1) is 0 Å². The monoisotopic (exact) mass is 151 g/mol. The average Bonchev–Trinajstić information content (AvgIpc) is 2.00. The number of allylic oxidation sites excluding steroid dienone is 1. The zero-order chi connectivity index (χ0) is 8.69. The fourth-order valence-corrected chi connectivity index (χ4v) is 0.880. The fourth-order valence-electron chi connectivity index (χ4n) is 0.880. The van der Waals surface area contributed by atoms with Crippen molar-refractivity contribution in [2.75, 3.05) is 20.1 Å². The predicted molar refractivity (Wildman–Crippen MR) is 50.3 cm³/mol. The molecule has 1 atom stereocenters. The minimum atomic E-state index is 0.352. The Balaban J connectivity index is 3.53. The van der Waals surface area contributed by atoms with Crippen LogP contribution in [0.15, 0.2) is 12.2 Å². The van der Waals surface area contributed by atoms with E-state index in [-0.39, 0.29) is 0 Å². The van der Waals surface area contributed by atoms with Crippen LogP contribution in [0.25, 0.3) is 0 Å². The van der Waals surface area contributed by atoms with Gasteiger partial charge in [0.1, 0.15) is 0 Å². The molecule has 0 saturated heterocycles. The molecule has 0 aliphatic rings. The van der Waals surface area contributed by atoms with Crippen molar-refractivity contribution in [1.82, 2.24) is 4.90 Å². The van der Waals surface area contributed by atoms with Crippen LogP contribution >= 0.6 is 0 Å². The molecule has 0 aliphatic heterocycles. The van der Waals surface area contributed by atoms with Crippen molar-refractivity contribution < 1.29 is 0 Å². The summed E-state index contributed by atoms with van der Waals surface area (Å²) in [5, 5.41) is 0. The van der Waals surface area contributed by atoms with Gasteiger partial charge in [-0.05, 0) is 14.0 Å². The molecule has 11 heavy (non-hydrogen) atoms. The molecule has 1 unspecified atom stereocenters. The summed E-state index contributed by atoms with van der Waals surface area (Å²) in [7, 11) is 2.08. The molecule has 0 radical (unpaired) electrons. The van der Waals surface area contributed by atoms with Crippen LogP contribution in [-0.2, 0) is 0 Å². The van der Waals surface area contributed by atoms with Crippen LogP contribution in [0.3, 0.4) is 0 Å². The number of likely N-dealkylation sites (N-methyl/N-ethyl adjacent to an activating group) is 1. The summed E-state index contributed by atoms with van der Waals surface area (Å²) in [4.78, 5) is 2.21. The second kappa shape index (κ2) is 6.00. The highest BCUT2D eigenvalue weighted by molar-refractivity contribution is 4.92. The molecule has 0 spiro atoms. The van der Waals surface area contributed by atoms with Gasteiger partial charge in [-0.1, -0.05) is 19.1 Å². The quantitative estimate of drug-likeness (QED) is 0.437. The molecule has 0 aromatic heterocycles. The van der Waals surface area contributed by atoms with Crippen molar-refractivity contribution in [2.45, 2.75) is 13.8 Å². The zero-order valence-corrected chi connectivity index (χ0v) is 7.67. The first-order chi connectivity index (χ1) is 5.20. The van der Waals surface area contributed by atoms with Crippen molar-refractivity contribution in [3.8, 4) is 12.3 Å². The molecule has 0 saturated carbocycles. The van der Waals surface area contributed by atoms with Crippen molar-refractivity contribution >= 4 is 0 Å². The summed E-state index contributed by atoms with van der Waals surface area (Å²) in [5.41, 5.74) is 0. The first-order valence-electron chi connectivity index (χ1n) is 3.96. The van der Waals surface area contributed by atoms with Gasteiger partial charge in [-0.15, -0.1) is 12.3 Å². The lowest BCUT2D eigenvalue weighted by Gasteiger charge is -2.15. The Morgan fingerprint density at radius 1 is 1.64 bits per heavy atom. The third-order valence-electron chi connectivity index (χ3n) is 1.52. The maximum absolute atomic E-state index is 5.25. The van der Waals surface area contributed by atoms with E-state index in [2.05, 4.69) is 36.9 Å². The van der Waals surface area contributed by atoms with E-state index >= 15 is 0 Å². The van der Waals surface area contributed by atoms with Crippen LogP contribution in [0.4, 0.5) is 0 Å². The van der Waals surface area contributed by atoms with Gasteiger partial charge in [-0.3, -0.25) is 0 Å². The summed E-state index contributed by atoms with van der Waals surface area (Å²) in [6, 6.07) is 0. The van der Waals surface area contributed by atoms with E-state index in [0.29, 0.717) is 5.92 Å². The lowest BCUT2D eigenvalue weighted by molar-refractivity contribution is 0.343. The lowest BCUT2D eigenvalue weighted by atomic mass is 10.2. The molecule has 1 nitrogen and oxygen atoms in total. The van der Waals surface area contributed by atoms with E-state index in [9.17, 15) is 0 Å². The Hall–Kier alpha value is -0.740. The number of rotatable bonds is 4. The minimum Gasteiger partial charge on any atom is -0.302 e. The van der Waals surface area contributed by atoms with Crippen LogP contribution in [0.5, 0.6) is 0 Å². The highest BCUT2D eigenvalue weighted by atomic mass is 15.1. The molecule has 62 valence electrons. The topological polar surface area (TPSA) is 3.24 Å². The number of hydrogen-bond donors (Lipinski definition) is 0. The second-order valence-electron chi connectivity index (χ2n) is 2.86. The van der Waals surface area contributed by atoms with E-state index in [0.717, 1.165) is 13.1 Å². The number of terminal acetylenes is 1. The normalized spacial score (nSPS) is 13.7. The SMILES string of the molecule is C#CC(C)CN(C)CC=CC. The summed E-state index contributed by atoms with van der Waals surface area (Å²) < 4.78 is 0. The molecule has 0 bridgehead atoms. The summed E-state index contributed by atoms with van der Waals surface area (Å²) >= 11 is 0. The van der Waals surface area contributed by atoms with Gasteiger partial charge < -0.3 is 4.90 Å². The third kappa shape index (κ3) is 5.69. The molecular formula is C10H17N. The Labute approximate surface area is 70.1 Å². The van der Waals surface area contributed by atoms with Crippen molar-refractivity contribution in [2.24, 2.45) is 5.92 Å². The molecular weight excluding hydrogens is 134 g/mol. The van der Waals surface area contributed by atoms with Gasteiger partial charge >= 0.3 is 0 Å². The summed E-state index contributed by atoms with van der Waals surface area (Å²) in [5.74, 6) is 3.06. The zero-order valence-electron chi connectivity index (χ0n) is 7.67. The maximum Gasteiger partial charge on any atom is 0.0299 e. The molecule has 0 heterocycles. The smallest absolute Gasteiger partial charge is 0.0299 e. The minimum absolute atomic E-state index is 0.352. The molecule has 0 rings (SSSR count). The molecule has 0 fully saturated rings. The van der Waals surface area contributed by atoms with Gasteiger partial charge in [-0.2, -0.15) is 0 Å². The second-order valence-corrected chi connectivity index (χ2v) is 2.86. The van der Waals surface area contributed by atoms with Crippen LogP contribution in [0.2, 0.25) is 0 Å². The van der Waals surface area contributed by atoms with Gasteiger partial charge in [0.25, 0.3) is 0 Å². The number of nitrogens with zero attached hydrogens (tertiary/aromatic N) is 1. The van der Waals surface area contributed by atoms with Crippen LogP contribution in [0.1, 0.15) is 13.8 Å². The van der Waals surface area contributed by atoms with E-state index in [1.54, 1.807) is 0 Å². The lowest BCUT2D eigenvalue weighted by Crippen LogP contribution is -2.23. The largest absolute Gasteiger partial charge is 0.302 e. The third-order valence-corrected chi connectivity index (χ3v) is 1.52. The highest BCUT2D eigenvalue weighted by Crippen LogP contribution is 1.95. The van der Waals surface area contributed by atoms with Crippen LogP contribution in [-0.4, -0.2) is 25.0 Å². The highest BCUT2D eigenvalue weighted by Gasteiger charge is 1.99. The Morgan fingerprint density at radius 2 is 2.27 bits per heavy atom. The van der Waals surface area contributed by atoms with E-state index in [1.165, 1.54) is 0 Å². The summed E-state index contributed by atoms with van der Waals surface area (Å²) in [6.07, 6.45) is 9.44. The van der Waals surface area contributed by atoms with Crippen LogP contribution in [0, 0.1) is 18.3 Å². The van der Waals surface area contributed by atoms with Crippen molar-refractivity contribution in [3.05, 3.63) is 12.2 Å². The van der Waals surface area contributed by atoms with Gasteiger partial charge in [-0.25, -0.2) is 0 Å². The predicted octanol–water partition coefficient (Wildman–Crippen LogP) is 1.76. The van der Waals surface area contributed by atoms with Gasteiger partial charge in [0.15, 0.2) is 0 Å². The van der Waals surface area contributed by atoms with E-state index < -0.39 is 0 Å². The molecule has 0 aliphatic carbocycles. The average molecular weight is 151 g/mol. The Kier molecular flexibility index (Phi) is 5.60. The molecule has 0 N–H and O–H groups in total. The number of hydrogen-bond acceptors (Lipinski definition) is 1. The van der Waals surface area contributed by atoms with Gasteiger partial charge in [0, 0.05) is 19.0 Å². The molecule has 0 aromatic carbocycles. The van der Waals surface area contributed by atoms with E-state index in [1.807, 2.05) is 6.92 Å². The van der Waals surface area contributed by atoms with Crippen LogP contribution < -0.4 is 0 Å². The Bertz CT molecular complexity index is 153. The summed E-state index contributed by atoms with van der Waals surface area (Å²) in [6.45, 7) is 6.05. The molecule has 1 heteroatoms. The molecule has 0 amide bonds. The Morgan fingerprint density at radius 3 is 2.73 bits per heavy atom. The standard InChI is InChI=1S/C10H17N/c1-5-7-8-11(4)9-10(3)6-2/h2,5,7,10H,8-9H2,1,3-4H3. The van der Waals surface area contributed by atoms with Gasteiger partial charge in [0.2, 0.25) is 0 Å². The van der Waals surface area contributed by atoms with E-state index in [4.69, 9.17) is 6.42 Å². The first kappa shape index (κ1) is 10.3. The fraction of sp³-hybridized carbons (Fsp3) is 0.600. The first-order valence-corrected chi connectivity index (χ1v) is 3.96. The van der Waals surface area contributed by atoms with Crippen molar-refractivity contribution in [1.29, 1.82) is 0 Å².